The van der Waals surface area contributed by atoms with Gasteiger partial charge in [-0.25, -0.2) is 0 Å². The van der Waals surface area contributed by atoms with E-state index in [4.69, 9.17) is 4.74 Å². The van der Waals surface area contributed by atoms with Crippen molar-refractivity contribution in [2.24, 2.45) is 4.99 Å². The van der Waals surface area contributed by atoms with Crippen LogP contribution in [0.25, 0.3) is 0 Å². The van der Waals surface area contributed by atoms with Crippen molar-refractivity contribution >= 4 is 6.21 Å². The van der Waals surface area contributed by atoms with Gasteiger partial charge in [-0.05, 0) is 24.1 Å². The maximum atomic E-state index is 9.77. The third-order valence-corrected chi connectivity index (χ3v) is 2.84. The van der Waals surface area contributed by atoms with E-state index < -0.39 is 0 Å². The summed E-state index contributed by atoms with van der Waals surface area (Å²) in [6.07, 6.45) is 2.59. The summed E-state index contributed by atoms with van der Waals surface area (Å²) >= 11 is 0. The van der Waals surface area contributed by atoms with E-state index in [0.29, 0.717) is 17.9 Å². The van der Waals surface area contributed by atoms with Crippen molar-refractivity contribution in [3.05, 3.63) is 59.7 Å². The Kier molecular flexibility index (Phi) is 4.56. The molecule has 0 aliphatic rings. The number of benzene rings is 2. The zero-order valence-corrected chi connectivity index (χ0v) is 10.9. The summed E-state index contributed by atoms with van der Waals surface area (Å²) in [5, 5.41) is 9.77. The van der Waals surface area contributed by atoms with Crippen molar-refractivity contribution in [1.82, 2.24) is 0 Å². The molecule has 0 aliphatic carbocycles. The monoisotopic (exact) mass is 255 g/mol. The van der Waals surface area contributed by atoms with Crippen LogP contribution in [-0.4, -0.2) is 25.0 Å². The molecule has 0 radical (unpaired) electrons. The minimum atomic E-state index is 0.183. The quantitative estimate of drug-likeness (QED) is 0.834. The van der Waals surface area contributed by atoms with Crippen molar-refractivity contribution in [1.29, 1.82) is 0 Å². The lowest BCUT2D eigenvalue weighted by atomic mass is 10.1. The van der Waals surface area contributed by atoms with Crippen LogP contribution < -0.4 is 4.74 Å². The first-order valence-electron chi connectivity index (χ1n) is 6.20. The summed E-state index contributed by atoms with van der Waals surface area (Å²) < 4.78 is 5.03. The standard InChI is InChI=1S/C16H17NO2/c1-19-15-8-7-14(16(18)11-15)12-17-10-9-13-5-3-2-4-6-13/h2-8,11-12,18H,9-10H2,1H3. The molecular formula is C16H17NO2. The molecule has 0 aromatic heterocycles. The van der Waals surface area contributed by atoms with Crippen LogP contribution in [0.3, 0.4) is 0 Å². The Bertz CT molecular complexity index is 550. The van der Waals surface area contributed by atoms with Gasteiger partial charge < -0.3 is 9.84 Å². The molecule has 2 aromatic carbocycles. The molecule has 98 valence electrons. The molecular weight excluding hydrogens is 238 g/mol. The van der Waals surface area contributed by atoms with E-state index in [1.165, 1.54) is 5.56 Å². The number of aliphatic imine (C=N–C) groups is 1. The Balaban J connectivity index is 1.92. The lowest BCUT2D eigenvalue weighted by molar-refractivity contribution is 0.407. The number of hydrogen-bond acceptors (Lipinski definition) is 3. The molecule has 0 aliphatic heterocycles. The van der Waals surface area contributed by atoms with Crippen LogP contribution in [0, 0.1) is 0 Å². The first-order chi connectivity index (χ1) is 9.29. The van der Waals surface area contributed by atoms with Gasteiger partial charge in [0.05, 0.1) is 7.11 Å². The van der Waals surface area contributed by atoms with E-state index in [1.807, 2.05) is 18.2 Å². The van der Waals surface area contributed by atoms with Crippen LogP contribution in [0.2, 0.25) is 0 Å². The second kappa shape index (κ2) is 6.59. The molecule has 1 N–H and O–H groups in total. The molecule has 2 aromatic rings. The second-order valence-corrected chi connectivity index (χ2v) is 4.20. The van der Waals surface area contributed by atoms with Crippen molar-refractivity contribution in [3.63, 3.8) is 0 Å². The van der Waals surface area contributed by atoms with Crippen molar-refractivity contribution < 1.29 is 9.84 Å². The van der Waals surface area contributed by atoms with Crippen molar-refractivity contribution in [2.75, 3.05) is 13.7 Å². The SMILES string of the molecule is COc1ccc(C=NCCc2ccccc2)c(O)c1. The van der Waals surface area contributed by atoms with E-state index in [0.717, 1.165) is 6.42 Å². The highest BCUT2D eigenvalue weighted by Crippen LogP contribution is 2.21. The molecule has 0 saturated carbocycles. The zero-order valence-electron chi connectivity index (χ0n) is 10.9. The van der Waals surface area contributed by atoms with Crippen molar-refractivity contribution in [3.8, 4) is 11.5 Å². The van der Waals surface area contributed by atoms with Gasteiger partial charge in [-0.3, -0.25) is 4.99 Å². The average molecular weight is 255 g/mol. The Morgan fingerprint density at radius 3 is 2.63 bits per heavy atom. The van der Waals surface area contributed by atoms with Crippen LogP contribution in [-0.2, 0) is 6.42 Å². The molecule has 3 nitrogen and oxygen atoms in total. The van der Waals surface area contributed by atoms with Gasteiger partial charge in [-0.1, -0.05) is 30.3 Å². The average Bonchev–Trinajstić information content (AvgIpc) is 2.46. The molecule has 0 bridgehead atoms. The summed E-state index contributed by atoms with van der Waals surface area (Å²) in [4.78, 5) is 4.33. The molecule has 2 rings (SSSR count). The molecule has 0 atom stereocenters. The van der Waals surface area contributed by atoms with E-state index >= 15 is 0 Å². The third kappa shape index (κ3) is 3.85. The number of methoxy groups -OCH3 is 1. The van der Waals surface area contributed by atoms with E-state index in [-0.39, 0.29) is 5.75 Å². The van der Waals surface area contributed by atoms with Gasteiger partial charge >= 0.3 is 0 Å². The van der Waals surface area contributed by atoms with Gasteiger partial charge in [0.25, 0.3) is 0 Å². The van der Waals surface area contributed by atoms with Crippen LogP contribution in [0.5, 0.6) is 11.5 Å². The molecule has 19 heavy (non-hydrogen) atoms. The molecule has 0 fully saturated rings. The number of aromatic hydroxyl groups is 1. The molecule has 0 heterocycles. The predicted molar refractivity (Wildman–Crippen MR) is 77.3 cm³/mol. The van der Waals surface area contributed by atoms with E-state index in [1.54, 1.807) is 31.5 Å². The summed E-state index contributed by atoms with van der Waals surface area (Å²) in [6, 6.07) is 15.4. The summed E-state index contributed by atoms with van der Waals surface area (Å²) in [6.45, 7) is 0.704. The maximum absolute atomic E-state index is 9.77. The largest absolute Gasteiger partial charge is 0.507 e. The fraction of sp³-hybridized carbons (Fsp3) is 0.188. The normalized spacial score (nSPS) is 10.8. The molecule has 3 heteroatoms. The number of hydrogen-bond donors (Lipinski definition) is 1. The highest BCUT2D eigenvalue weighted by Gasteiger charge is 1.99. The third-order valence-electron chi connectivity index (χ3n) is 2.84. The Morgan fingerprint density at radius 1 is 1.16 bits per heavy atom. The minimum absolute atomic E-state index is 0.183. The molecule has 0 amide bonds. The summed E-state index contributed by atoms with van der Waals surface area (Å²) in [5.74, 6) is 0.821. The lowest BCUT2D eigenvalue weighted by Crippen LogP contribution is -1.91. The van der Waals surface area contributed by atoms with Gasteiger partial charge in [0.15, 0.2) is 0 Å². The number of ether oxygens (including phenoxy) is 1. The fourth-order valence-electron chi connectivity index (χ4n) is 1.76. The first kappa shape index (κ1) is 13.1. The van der Waals surface area contributed by atoms with Crippen LogP contribution in [0.1, 0.15) is 11.1 Å². The zero-order chi connectivity index (χ0) is 13.5. The predicted octanol–water partition coefficient (Wildman–Crippen LogP) is 3.06. The molecule has 0 saturated heterocycles. The Hall–Kier alpha value is -2.29. The highest BCUT2D eigenvalue weighted by molar-refractivity contribution is 5.83. The second-order valence-electron chi connectivity index (χ2n) is 4.20. The Labute approximate surface area is 113 Å². The number of phenols is 1. The van der Waals surface area contributed by atoms with Crippen LogP contribution in [0.4, 0.5) is 0 Å². The highest BCUT2D eigenvalue weighted by atomic mass is 16.5. The van der Waals surface area contributed by atoms with Gasteiger partial charge in [-0.2, -0.15) is 0 Å². The fourth-order valence-corrected chi connectivity index (χ4v) is 1.76. The van der Waals surface area contributed by atoms with Crippen LogP contribution >= 0.6 is 0 Å². The maximum Gasteiger partial charge on any atom is 0.128 e. The number of phenolic OH excluding ortho intramolecular Hbond substituents is 1. The van der Waals surface area contributed by atoms with Crippen molar-refractivity contribution in [2.45, 2.75) is 6.42 Å². The van der Waals surface area contributed by atoms with Gasteiger partial charge in [0, 0.05) is 24.4 Å². The topological polar surface area (TPSA) is 41.8 Å². The molecule has 0 unspecified atom stereocenters. The first-order valence-corrected chi connectivity index (χ1v) is 6.20. The van der Waals surface area contributed by atoms with Gasteiger partial charge in [0.1, 0.15) is 11.5 Å². The Morgan fingerprint density at radius 2 is 1.95 bits per heavy atom. The minimum Gasteiger partial charge on any atom is -0.507 e. The number of rotatable bonds is 5. The lowest BCUT2D eigenvalue weighted by Gasteiger charge is -2.02. The van der Waals surface area contributed by atoms with Gasteiger partial charge in [-0.15, -0.1) is 0 Å². The van der Waals surface area contributed by atoms with Gasteiger partial charge in [0.2, 0.25) is 0 Å². The van der Waals surface area contributed by atoms with E-state index in [9.17, 15) is 5.11 Å². The summed E-state index contributed by atoms with van der Waals surface area (Å²) in [5.41, 5.74) is 1.97. The smallest absolute Gasteiger partial charge is 0.128 e. The molecule has 0 spiro atoms. The van der Waals surface area contributed by atoms with Crippen LogP contribution in [0.15, 0.2) is 53.5 Å². The summed E-state index contributed by atoms with van der Waals surface area (Å²) in [7, 11) is 1.57. The van der Waals surface area contributed by atoms with E-state index in [2.05, 4.69) is 17.1 Å². The number of nitrogens with zero attached hydrogens (tertiary/aromatic N) is 1.